The molecular formula is C10H16N2O4S. The molecule has 4 N–H and O–H groups in total. The Balaban J connectivity index is 2.04. The number of hydrogen-bond acceptors (Lipinski definition) is 7. The Morgan fingerprint density at radius 3 is 2.88 bits per heavy atom. The van der Waals surface area contributed by atoms with E-state index in [1.165, 1.54) is 11.8 Å². The van der Waals surface area contributed by atoms with Gasteiger partial charge in [0.1, 0.15) is 29.8 Å². The van der Waals surface area contributed by atoms with E-state index in [1.54, 1.807) is 6.08 Å². The molecule has 1 fully saturated rings. The minimum atomic E-state index is -1.11. The van der Waals surface area contributed by atoms with E-state index >= 15 is 0 Å². The van der Waals surface area contributed by atoms with Crippen molar-refractivity contribution in [1.82, 2.24) is 5.32 Å². The highest BCUT2D eigenvalue weighted by Crippen LogP contribution is 2.35. The molecule has 0 aromatic carbocycles. The first-order valence-electron chi connectivity index (χ1n) is 5.39. The van der Waals surface area contributed by atoms with E-state index in [4.69, 9.17) is 9.84 Å². The highest BCUT2D eigenvalue weighted by molar-refractivity contribution is 8.14. The number of aliphatic hydroxyl groups is 3. The summed E-state index contributed by atoms with van der Waals surface area (Å²) in [5.74, 6) is 0. The number of aliphatic hydroxyl groups excluding tert-OH is 3. The highest BCUT2D eigenvalue weighted by Gasteiger charge is 2.47. The van der Waals surface area contributed by atoms with E-state index in [-0.39, 0.29) is 12.0 Å². The monoisotopic (exact) mass is 260 g/mol. The molecule has 6 nitrogen and oxygen atoms in total. The maximum atomic E-state index is 9.88. The summed E-state index contributed by atoms with van der Waals surface area (Å²) < 4.78 is 5.47. The van der Waals surface area contributed by atoms with Crippen molar-refractivity contribution in [2.75, 3.05) is 13.2 Å². The van der Waals surface area contributed by atoms with Crippen LogP contribution in [0.2, 0.25) is 0 Å². The van der Waals surface area contributed by atoms with Crippen molar-refractivity contribution in [2.45, 2.75) is 29.8 Å². The van der Waals surface area contributed by atoms with Crippen LogP contribution in [0.5, 0.6) is 0 Å². The summed E-state index contributed by atoms with van der Waals surface area (Å²) in [6.45, 7) is 3.84. The summed E-state index contributed by atoms with van der Waals surface area (Å²) in [7, 11) is 0. The van der Waals surface area contributed by atoms with Gasteiger partial charge in [-0.25, -0.2) is 0 Å². The molecule has 7 heteroatoms. The Morgan fingerprint density at radius 2 is 2.24 bits per heavy atom. The molecule has 17 heavy (non-hydrogen) atoms. The molecule has 2 heterocycles. The average molecular weight is 260 g/mol. The zero-order valence-electron chi connectivity index (χ0n) is 9.19. The van der Waals surface area contributed by atoms with Crippen LogP contribution in [0.1, 0.15) is 0 Å². The fourth-order valence-corrected chi connectivity index (χ4v) is 2.95. The van der Waals surface area contributed by atoms with E-state index in [2.05, 4.69) is 16.9 Å². The third-order valence-electron chi connectivity index (χ3n) is 2.74. The van der Waals surface area contributed by atoms with Gasteiger partial charge in [0.05, 0.1) is 6.61 Å². The van der Waals surface area contributed by atoms with Gasteiger partial charge in [0.25, 0.3) is 0 Å². The number of ether oxygens (including phenoxy) is 1. The number of nitrogens with zero attached hydrogens (tertiary/aromatic N) is 1. The Morgan fingerprint density at radius 1 is 1.47 bits per heavy atom. The van der Waals surface area contributed by atoms with Crippen LogP contribution in [0.15, 0.2) is 17.6 Å². The van der Waals surface area contributed by atoms with Gasteiger partial charge in [0, 0.05) is 6.54 Å². The molecule has 2 rings (SSSR count). The van der Waals surface area contributed by atoms with E-state index in [1.807, 2.05) is 0 Å². The lowest BCUT2D eigenvalue weighted by Gasteiger charge is -2.37. The molecule has 96 valence electrons. The number of thioether (sulfide) groups is 1. The number of rotatable bonds is 3. The van der Waals surface area contributed by atoms with Gasteiger partial charge in [-0.05, 0) is 0 Å². The Labute approximate surface area is 103 Å². The van der Waals surface area contributed by atoms with Gasteiger partial charge in [0.15, 0.2) is 5.17 Å². The van der Waals surface area contributed by atoms with Crippen molar-refractivity contribution in [2.24, 2.45) is 4.99 Å². The Hall–Kier alpha value is -0.600. The molecule has 0 aromatic rings. The van der Waals surface area contributed by atoms with Crippen molar-refractivity contribution in [3.8, 4) is 0 Å². The minimum Gasteiger partial charge on any atom is -0.394 e. The average Bonchev–Trinajstić information content (AvgIpc) is 2.74. The summed E-state index contributed by atoms with van der Waals surface area (Å²) in [5, 5.41) is 32.3. The predicted octanol–water partition coefficient (Wildman–Crippen LogP) is -1.33. The predicted molar refractivity (Wildman–Crippen MR) is 64.8 cm³/mol. The maximum Gasteiger partial charge on any atom is 0.159 e. The summed E-state index contributed by atoms with van der Waals surface area (Å²) in [6, 6.07) is -0.495. The van der Waals surface area contributed by atoms with E-state index in [0.717, 1.165) is 0 Å². The Kier molecular flexibility index (Phi) is 4.05. The molecule has 2 aliphatic heterocycles. The van der Waals surface area contributed by atoms with E-state index in [9.17, 15) is 10.2 Å². The first-order valence-corrected chi connectivity index (χ1v) is 6.27. The minimum absolute atomic E-state index is 0.322. The van der Waals surface area contributed by atoms with Gasteiger partial charge in [0.2, 0.25) is 0 Å². The summed E-state index contributed by atoms with van der Waals surface area (Å²) in [4.78, 5) is 4.25. The summed E-state index contributed by atoms with van der Waals surface area (Å²) >= 11 is 1.35. The van der Waals surface area contributed by atoms with Crippen LogP contribution in [-0.2, 0) is 4.74 Å². The number of nitrogens with one attached hydrogen (secondary N) is 1. The molecule has 0 saturated carbocycles. The number of hydrogen-bond donors (Lipinski definition) is 4. The molecule has 1 saturated heterocycles. The van der Waals surface area contributed by atoms with Crippen LogP contribution in [0.3, 0.4) is 0 Å². The zero-order chi connectivity index (χ0) is 12.4. The molecule has 2 unspecified atom stereocenters. The smallest absolute Gasteiger partial charge is 0.159 e. The van der Waals surface area contributed by atoms with E-state index < -0.39 is 24.4 Å². The molecule has 0 amide bonds. The molecule has 5 atom stereocenters. The van der Waals surface area contributed by atoms with Crippen LogP contribution in [-0.4, -0.2) is 63.4 Å². The van der Waals surface area contributed by atoms with Gasteiger partial charge in [-0.3, -0.25) is 4.99 Å². The second-order valence-corrected chi connectivity index (χ2v) is 5.01. The maximum absolute atomic E-state index is 9.88. The molecule has 0 aromatic heterocycles. The van der Waals surface area contributed by atoms with Crippen LogP contribution < -0.4 is 5.32 Å². The normalized spacial score (nSPS) is 40.6. The molecular weight excluding hydrogens is 244 g/mol. The molecule has 0 spiro atoms. The van der Waals surface area contributed by atoms with Gasteiger partial charge >= 0.3 is 0 Å². The summed E-state index contributed by atoms with van der Waals surface area (Å²) in [5.41, 5.74) is -0.363. The van der Waals surface area contributed by atoms with Crippen LogP contribution in [0.4, 0.5) is 0 Å². The quantitative estimate of drug-likeness (QED) is 0.470. The first kappa shape index (κ1) is 12.8. The highest BCUT2D eigenvalue weighted by atomic mass is 32.2. The fourth-order valence-electron chi connectivity index (χ4n) is 1.82. The Bertz CT molecular complexity index is 325. The third-order valence-corrected chi connectivity index (χ3v) is 3.84. The molecule has 0 aliphatic carbocycles. The summed E-state index contributed by atoms with van der Waals surface area (Å²) in [6.07, 6.45) is -1.17. The molecule has 0 radical (unpaired) electrons. The van der Waals surface area contributed by atoms with Crippen molar-refractivity contribution < 1.29 is 20.1 Å². The van der Waals surface area contributed by atoms with Crippen molar-refractivity contribution in [3.63, 3.8) is 0 Å². The van der Waals surface area contributed by atoms with Crippen molar-refractivity contribution in [3.05, 3.63) is 12.7 Å². The van der Waals surface area contributed by atoms with Gasteiger partial charge < -0.3 is 25.4 Å². The second-order valence-electron chi connectivity index (χ2n) is 3.92. The third kappa shape index (κ3) is 2.48. The lowest BCUT2D eigenvalue weighted by atomic mass is 9.99. The van der Waals surface area contributed by atoms with Crippen LogP contribution in [0.25, 0.3) is 0 Å². The van der Waals surface area contributed by atoms with Gasteiger partial charge in [-0.1, -0.05) is 17.8 Å². The lowest BCUT2D eigenvalue weighted by molar-refractivity contribution is -0.164. The number of amidine groups is 1. The molecule has 2 aliphatic rings. The van der Waals surface area contributed by atoms with E-state index in [0.29, 0.717) is 11.7 Å². The number of aliphatic imine (C=N–C) groups is 1. The standard InChI is InChI=1S/C10H16N2O4S/c1-2-3-11-10-12-6-8(15)7(14)5(4-13)16-9(6)17-10/h2,5-9,13-15H,1,3-4H2,(H,11,12)/t5-,6?,7-,8-,9?/m1/s1. The van der Waals surface area contributed by atoms with Crippen LogP contribution >= 0.6 is 11.8 Å². The van der Waals surface area contributed by atoms with Crippen LogP contribution in [0, 0.1) is 0 Å². The first-order chi connectivity index (χ1) is 8.17. The van der Waals surface area contributed by atoms with Gasteiger partial charge in [-0.2, -0.15) is 0 Å². The van der Waals surface area contributed by atoms with Crippen molar-refractivity contribution in [1.29, 1.82) is 0 Å². The lowest BCUT2D eigenvalue weighted by Crippen LogP contribution is -2.55. The second kappa shape index (κ2) is 5.36. The molecule has 0 bridgehead atoms. The zero-order valence-corrected chi connectivity index (χ0v) is 10.0. The van der Waals surface area contributed by atoms with Crippen molar-refractivity contribution >= 4 is 16.9 Å². The fraction of sp³-hybridized carbons (Fsp3) is 0.700. The number of fused-ring (bicyclic) bond motifs is 1. The van der Waals surface area contributed by atoms with Gasteiger partial charge in [-0.15, -0.1) is 6.58 Å². The SMILES string of the molecule is C=CCNC1=NC2C(O[C@H](CO)[C@@H](O)[C@@H]2O)S1. The largest absolute Gasteiger partial charge is 0.394 e. The topological polar surface area (TPSA) is 94.3 Å².